The standard InChI is InChI=1S/C21H14N2O4/c1-25-21(24)14-7-3-8-17-19(14)23-20(27-17)13-6-2-5-12-11-15(22-18(12)13)16-9-4-10-26-16/h2-10H,11H2,1H3. The molecule has 0 unspecified atom stereocenters. The quantitative estimate of drug-likeness (QED) is 0.502. The highest BCUT2D eigenvalue weighted by Gasteiger charge is 2.24. The van der Waals surface area contributed by atoms with Crippen molar-refractivity contribution in [3.05, 3.63) is 71.7 Å². The van der Waals surface area contributed by atoms with Gasteiger partial charge in [0, 0.05) is 6.42 Å². The number of hydrogen-bond acceptors (Lipinski definition) is 6. The zero-order valence-corrected chi connectivity index (χ0v) is 14.4. The smallest absolute Gasteiger partial charge is 0.340 e. The summed E-state index contributed by atoms with van der Waals surface area (Å²) in [5.41, 5.74) is 4.92. The third-order valence-electron chi connectivity index (χ3n) is 4.58. The minimum atomic E-state index is -0.447. The van der Waals surface area contributed by atoms with Gasteiger partial charge >= 0.3 is 5.97 Å². The van der Waals surface area contributed by atoms with Crippen LogP contribution < -0.4 is 0 Å². The fraction of sp³-hybridized carbons (Fsp3) is 0.0952. The number of hydrogen-bond donors (Lipinski definition) is 0. The number of carbonyl (C=O) groups is 1. The maximum atomic E-state index is 12.0. The van der Waals surface area contributed by atoms with Gasteiger partial charge in [-0.15, -0.1) is 0 Å². The molecule has 0 atom stereocenters. The number of oxazole rings is 1. The summed E-state index contributed by atoms with van der Waals surface area (Å²) in [7, 11) is 1.34. The number of ether oxygens (including phenoxy) is 1. The molecule has 6 nitrogen and oxygen atoms in total. The molecule has 0 amide bonds. The van der Waals surface area contributed by atoms with E-state index >= 15 is 0 Å². The fourth-order valence-electron chi connectivity index (χ4n) is 3.32. The summed E-state index contributed by atoms with van der Waals surface area (Å²) in [6.45, 7) is 0. The first-order valence-electron chi connectivity index (χ1n) is 8.46. The van der Waals surface area contributed by atoms with Crippen LogP contribution in [0.25, 0.3) is 22.6 Å². The Morgan fingerprint density at radius 3 is 2.81 bits per heavy atom. The number of methoxy groups -OCH3 is 1. The van der Waals surface area contributed by atoms with Crippen LogP contribution in [0.4, 0.5) is 5.69 Å². The largest absolute Gasteiger partial charge is 0.465 e. The van der Waals surface area contributed by atoms with Gasteiger partial charge in [-0.25, -0.2) is 14.8 Å². The van der Waals surface area contributed by atoms with Gasteiger partial charge < -0.3 is 13.6 Å². The molecule has 0 saturated heterocycles. The summed E-state index contributed by atoms with van der Waals surface area (Å²) >= 11 is 0. The molecule has 1 aliphatic heterocycles. The molecule has 2 aromatic heterocycles. The van der Waals surface area contributed by atoms with E-state index in [2.05, 4.69) is 4.98 Å². The molecule has 0 fully saturated rings. The minimum Gasteiger partial charge on any atom is -0.465 e. The number of fused-ring (bicyclic) bond motifs is 2. The first-order valence-corrected chi connectivity index (χ1v) is 8.46. The zero-order chi connectivity index (χ0) is 18.4. The molecule has 0 radical (unpaired) electrons. The van der Waals surface area contributed by atoms with Crippen molar-refractivity contribution in [2.45, 2.75) is 6.42 Å². The van der Waals surface area contributed by atoms with Crippen molar-refractivity contribution >= 4 is 28.5 Å². The van der Waals surface area contributed by atoms with Crippen molar-refractivity contribution in [3.8, 4) is 11.5 Å². The summed E-state index contributed by atoms with van der Waals surface area (Å²) in [4.78, 5) is 21.3. The number of carbonyl (C=O) groups excluding carboxylic acids is 1. The van der Waals surface area contributed by atoms with Crippen LogP contribution in [0, 0.1) is 0 Å². The van der Waals surface area contributed by atoms with Crippen molar-refractivity contribution < 1.29 is 18.4 Å². The van der Waals surface area contributed by atoms with Crippen LogP contribution in [-0.2, 0) is 11.2 Å². The van der Waals surface area contributed by atoms with Gasteiger partial charge in [-0.1, -0.05) is 18.2 Å². The Morgan fingerprint density at radius 1 is 1.11 bits per heavy atom. The second-order valence-corrected chi connectivity index (χ2v) is 6.19. The normalized spacial score (nSPS) is 12.9. The fourth-order valence-corrected chi connectivity index (χ4v) is 3.32. The number of para-hydroxylation sites is 2. The van der Waals surface area contributed by atoms with Gasteiger partial charge in [-0.2, -0.15) is 0 Å². The van der Waals surface area contributed by atoms with Crippen molar-refractivity contribution in [1.29, 1.82) is 0 Å². The van der Waals surface area contributed by atoms with Gasteiger partial charge in [-0.05, 0) is 35.9 Å². The molecule has 0 N–H and O–H groups in total. The highest BCUT2D eigenvalue weighted by atomic mass is 16.5. The number of aromatic nitrogens is 1. The van der Waals surface area contributed by atoms with Gasteiger partial charge in [0.05, 0.1) is 35.9 Å². The van der Waals surface area contributed by atoms with E-state index in [1.165, 1.54) is 7.11 Å². The third-order valence-corrected chi connectivity index (χ3v) is 4.58. The first kappa shape index (κ1) is 15.6. The molecule has 3 heterocycles. The zero-order valence-electron chi connectivity index (χ0n) is 14.4. The van der Waals surface area contributed by atoms with E-state index in [0.29, 0.717) is 29.0 Å². The lowest BCUT2D eigenvalue weighted by Crippen LogP contribution is -2.01. The van der Waals surface area contributed by atoms with Crippen LogP contribution in [0.15, 0.2) is 68.6 Å². The summed E-state index contributed by atoms with van der Waals surface area (Å²) in [6.07, 6.45) is 2.32. The molecule has 1 aliphatic rings. The van der Waals surface area contributed by atoms with E-state index in [-0.39, 0.29) is 0 Å². The molecule has 4 aromatic rings. The van der Waals surface area contributed by atoms with E-state index in [4.69, 9.17) is 18.6 Å². The van der Waals surface area contributed by atoms with Gasteiger partial charge in [0.1, 0.15) is 11.3 Å². The average Bonchev–Trinajstić information content (AvgIpc) is 3.44. The molecule has 0 aliphatic carbocycles. The van der Waals surface area contributed by atoms with Crippen LogP contribution >= 0.6 is 0 Å². The van der Waals surface area contributed by atoms with E-state index in [1.807, 2.05) is 30.3 Å². The highest BCUT2D eigenvalue weighted by Crippen LogP contribution is 2.39. The van der Waals surface area contributed by atoms with Crippen LogP contribution in [0.1, 0.15) is 21.7 Å². The van der Waals surface area contributed by atoms with E-state index in [0.717, 1.165) is 28.3 Å². The van der Waals surface area contributed by atoms with Gasteiger partial charge in [0.25, 0.3) is 0 Å². The lowest BCUT2D eigenvalue weighted by Gasteiger charge is -2.01. The Bertz CT molecular complexity index is 1200. The second-order valence-electron chi connectivity index (χ2n) is 6.19. The minimum absolute atomic E-state index is 0.373. The van der Waals surface area contributed by atoms with Gasteiger partial charge in [0.2, 0.25) is 5.89 Å². The topological polar surface area (TPSA) is 77.8 Å². The molecule has 27 heavy (non-hydrogen) atoms. The number of furan rings is 1. The Morgan fingerprint density at radius 2 is 2.00 bits per heavy atom. The highest BCUT2D eigenvalue weighted by molar-refractivity contribution is 6.06. The Kier molecular flexibility index (Phi) is 3.43. The van der Waals surface area contributed by atoms with E-state index < -0.39 is 5.97 Å². The van der Waals surface area contributed by atoms with Gasteiger partial charge in [-0.3, -0.25) is 0 Å². The SMILES string of the molecule is COC(=O)c1cccc2oc(-c3cccc4c3N=C(c3ccco3)C4)nc12. The molecule has 6 heteroatoms. The number of nitrogens with zero attached hydrogens (tertiary/aromatic N) is 2. The number of esters is 1. The average molecular weight is 358 g/mol. The maximum Gasteiger partial charge on any atom is 0.340 e. The molecular weight excluding hydrogens is 344 g/mol. The molecule has 5 rings (SSSR count). The second kappa shape index (κ2) is 5.95. The van der Waals surface area contributed by atoms with E-state index in [1.54, 1.807) is 24.5 Å². The summed E-state index contributed by atoms with van der Waals surface area (Å²) < 4.78 is 16.2. The van der Waals surface area contributed by atoms with E-state index in [9.17, 15) is 4.79 Å². The lowest BCUT2D eigenvalue weighted by atomic mass is 10.1. The van der Waals surface area contributed by atoms with Crippen LogP contribution in [0.5, 0.6) is 0 Å². The number of rotatable bonds is 3. The lowest BCUT2D eigenvalue weighted by molar-refractivity contribution is 0.0602. The third kappa shape index (κ3) is 2.45. The molecule has 2 aromatic carbocycles. The number of benzene rings is 2. The first-order chi connectivity index (χ1) is 13.2. The molecule has 0 spiro atoms. The number of aliphatic imine (C=N–C) groups is 1. The monoisotopic (exact) mass is 358 g/mol. The van der Waals surface area contributed by atoms with Crippen molar-refractivity contribution in [1.82, 2.24) is 4.98 Å². The van der Waals surface area contributed by atoms with Crippen molar-refractivity contribution in [3.63, 3.8) is 0 Å². The van der Waals surface area contributed by atoms with Crippen LogP contribution in [0.2, 0.25) is 0 Å². The summed E-state index contributed by atoms with van der Waals surface area (Å²) in [5, 5.41) is 0. The predicted molar refractivity (Wildman–Crippen MR) is 99.4 cm³/mol. The summed E-state index contributed by atoms with van der Waals surface area (Å²) in [5.74, 6) is 0.724. The molecule has 0 saturated carbocycles. The van der Waals surface area contributed by atoms with Crippen LogP contribution in [0.3, 0.4) is 0 Å². The molecular formula is C21H14N2O4. The van der Waals surface area contributed by atoms with Crippen molar-refractivity contribution in [2.75, 3.05) is 7.11 Å². The molecule has 0 bridgehead atoms. The Labute approximate surface area is 154 Å². The molecule has 132 valence electrons. The predicted octanol–water partition coefficient (Wildman–Crippen LogP) is 4.55. The van der Waals surface area contributed by atoms with Crippen molar-refractivity contribution in [2.24, 2.45) is 4.99 Å². The summed E-state index contributed by atoms with van der Waals surface area (Å²) in [6, 6.07) is 14.8. The van der Waals surface area contributed by atoms with Crippen LogP contribution in [-0.4, -0.2) is 23.8 Å². The Balaban J connectivity index is 1.65. The Hall–Kier alpha value is -3.67. The maximum absolute atomic E-state index is 12.0. The van der Waals surface area contributed by atoms with Gasteiger partial charge in [0.15, 0.2) is 5.58 Å².